The molecule has 128 valence electrons. The summed E-state index contributed by atoms with van der Waals surface area (Å²) in [5.74, 6) is 1.22. The Morgan fingerprint density at radius 3 is 2.24 bits per heavy atom. The van der Waals surface area contributed by atoms with Crippen molar-refractivity contribution in [2.24, 2.45) is 0 Å². The maximum atomic E-state index is 10.7. The third kappa shape index (κ3) is 2.96. The van der Waals surface area contributed by atoms with E-state index in [0.717, 1.165) is 11.1 Å². The number of ether oxygens (including phenoxy) is 2. The largest absolute Gasteiger partial charge is 0.507 e. The van der Waals surface area contributed by atoms with Gasteiger partial charge in [-0.1, -0.05) is 6.58 Å². The summed E-state index contributed by atoms with van der Waals surface area (Å²) in [6.07, 6.45) is 3.36. The number of nitrogens with zero attached hydrogens (tertiary/aromatic N) is 1. The van der Waals surface area contributed by atoms with Gasteiger partial charge in [0, 0.05) is 28.1 Å². The summed E-state index contributed by atoms with van der Waals surface area (Å²) in [4.78, 5) is 4.20. The number of fused-ring (bicyclic) bond motifs is 1. The summed E-state index contributed by atoms with van der Waals surface area (Å²) in [6, 6.07) is 7.14. The van der Waals surface area contributed by atoms with Crippen molar-refractivity contribution in [3.05, 3.63) is 52.0 Å². The molecule has 0 saturated carbocycles. The fraction of sp³-hybridized carbons (Fsp3) is 0.150. The number of methoxy groups -OCH3 is 2. The number of aryl methyl sites for hydroxylation is 1. The third-order valence-electron chi connectivity index (χ3n) is 4.05. The Morgan fingerprint density at radius 1 is 1.00 bits per heavy atom. The normalized spacial score (nSPS) is 11.7. The first-order valence-electron chi connectivity index (χ1n) is 7.68. The summed E-state index contributed by atoms with van der Waals surface area (Å²) in [7, 11) is 3.14. The maximum Gasteiger partial charge on any atom is 0.149 e. The highest BCUT2D eigenvalue weighted by molar-refractivity contribution is 5.90. The van der Waals surface area contributed by atoms with Crippen molar-refractivity contribution in [2.45, 2.75) is 6.92 Å². The Kier molecular flexibility index (Phi) is 4.23. The van der Waals surface area contributed by atoms with Crippen molar-refractivity contribution in [1.29, 1.82) is 0 Å². The fourth-order valence-electron chi connectivity index (χ4n) is 2.73. The van der Waals surface area contributed by atoms with Gasteiger partial charge >= 0.3 is 0 Å². The molecule has 0 saturated heterocycles. The smallest absolute Gasteiger partial charge is 0.149 e. The van der Waals surface area contributed by atoms with E-state index < -0.39 is 0 Å². The van der Waals surface area contributed by atoms with Crippen molar-refractivity contribution in [1.82, 2.24) is 4.98 Å². The second-order valence-electron chi connectivity index (χ2n) is 5.79. The molecule has 0 bridgehead atoms. The molecular weight excluding hydrogens is 318 g/mol. The number of aromatic hydroxyl groups is 2. The summed E-state index contributed by atoms with van der Waals surface area (Å²) in [5.41, 5.74) is 1.96. The molecule has 5 heteroatoms. The number of hydrogen-bond acceptors (Lipinski definition) is 5. The molecule has 0 aliphatic rings. The van der Waals surface area contributed by atoms with E-state index in [1.54, 1.807) is 50.8 Å². The highest BCUT2D eigenvalue weighted by Crippen LogP contribution is 2.26. The first-order valence-corrected chi connectivity index (χ1v) is 7.68. The van der Waals surface area contributed by atoms with Gasteiger partial charge in [0.15, 0.2) is 0 Å². The topological polar surface area (TPSA) is 71.8 Å². The average molecular weight is 337 g/mol. The Labute approximate surface area is 145 Å². The van der Waals surface area contributed by atoms with Crippen molar-refractivity contribution in [3.63, 3.8) is 0 Å². The highest BCUT2D eigenvalue weighted by atomic mass is 16.5. The van der Waals surface area contributed by atoms with Crippen molar-refractivity contribution in [3.8, 4) is 23.0 Å². The zero-order valence-corrected chi connectivity index (χ0v) is 14.3. The first kappa shape index (κ1) is 16.6. The van der Waals surface area contributed by atoms with E-state index in [4.69, 9.17) is 9.47 Å². The molecule has 0 fully saturated rings. The van der Waals surface area contributed by atoms with Gasteiger partial charge in [0.25, 0.3) is 0 Å². The molecule has 25 heavy (non-hydrogen) atoms. The van der Waals surface area contributed by atoms with Gasteiger partial charge in [-0.3, -0.25) is 4.98 Å². The van der Waals surface area contributed by atoms with Gasteiger partial charge in [-0.25, -0.2) is 0 Å². The van der Waals surface area contributed by atoms with E-state index in [2.05, 4.69) is 11.6 Å². The molecule has 2 N–H and O–H groups in total. The van der Waals surface area contributed by atoms with Gasteiger partial charge in [-0.15, -0.1) is 0 Å². The van der Waals surface area contributed by atoms with Crippen LogP contribution in [0.5, 0.6) is 23.0 Å². The molecule has 3 aromatic rings. The second-order valence-corrected chi connectivity index (χ2v) is 5.79. The van der Waals surface area contributed by atoms with Crippen molar-refractivity contribution < 1.29 is 19.7 Å². The Bertz CT molecular complexity index is 1050. The van der Waals surface area contributed by atoms with Gasteiger partial charge < -0.3 is 19.7 Å². The van der Waals surface area contributed by atoms with Crippen LogP contribution in [0, 0.1) is 6.92 Å². The molecule has 2 aromatic carbocycles. The van der Waals surface area contributed by atoms with E-state index in [0.29, 0.717) is 32.8 Å². The van der Waals surface area contributed by atoms with Crippen molar-refractivity contribution in [2.75, 3.05) is 14.2 Å². The van der Waals surface area contributed by atoms with Gasteiger partial charge in [0.2, 0.25) is 0 Å². The number of rotatable bonds is 3. The molecule has 0 atom stereocenters. The molecule has 0 radical (unpaired) electrons. The van der Waals surface area contributed by atoms with Crippen LogP contribution >= 0.6 is 0 Å². The monoisotopic (exact) mass is 337 g/mol. The van der Waals surface area contributed by atoms with E-state index in [9.17, 15) is 10.2 Å². The van der Waals surface area contributed by atoms with Gasteiger partial charge in [-0.05, 0) is 42.3 Å². The zero-order valence-electron chi connectivity index (χ0n) is 14.3. The summed E-state index contributed by atoms with van der Waals surface area (Å²) in [5, 5.41) is 22.3. The third-order valence-corrected chi connectivity index (χ3v) is 4.05. The van der Waals surface area contributed by atoms with Crippen LogP contribution in [0.3, 0.4) is 0 Å². The van der Waals surface area contributed by atoms with Crippen LogP contribution < -0.4 is 19.9 Å². The van der Waals surface area contributed by atoms with Crippen LogP contribution in [0.2, 0.25) is 0 Å². The van der Waals surface area contributed by atoms with Gasteiger partial charge in [-0.2, -0.15) is 0 Å². The minimum absolute atomic E-state index is 0.0239. The van der Waals surface area contributed by atoms with Crippen LogP contribution in [0.25, 0.3) is 23.6 Å². The molecule has 0 aliphatic heterocycles. The molecule has 1 heterocycles. The lowest BCUT2D eigenvalue weighted by atomic mass is 10.1. The van der Waals surface area contributed by atoms with Crippen molar-refractivity contribution >= 4 is 23.6 Å². The zero-order chi connectivity index (χ0) is 18.1. The maximum absolute atomic E-state index is 10.7. The molecule has 3 rings (SSSR count). The van der Waals surface area contributed by atoms with Crippen LogP contribution in [0.15, 0.2) is 30.5 Å². The molecule has 0 aliphatic carbocycles. The van der Waals surface area contributed by atoms with Crippen LogP contribution in [-0.2, 0) is 0 Å². The number of phenolic OH excluding ortho intramolecular Hbond substituents is 2. The Morgan fingerprint density at radius 2 is 1.64 bits per heavy atom. The second kappa shape index (κ2) is 6.36. The molecule has 0 unspecified atom stereocenters. The SMILES string of the molecule is C=c1c(O)c2ncc(C)cc2c(O)/c1=C/c1cc(OC)cc(OC)c1. The lowest BCUT2D eigenvalue weighted by molar-refractivity contribution is 0.394. The molecule has 0 spiro atoms. The average Bonchev–Trinajstić information content (AvgIpc) is 2.63. The van der Waals surface area contributed by atoms with Crippen LogP contribution in [0.1, 0.15) is 11.1 Å². The predicted octanol–water partition coefficient (Wildman–Crippen LogP) is 2.21. The van der Waals surface area contributed by atoms with Crippen LogP contribution in [0.4, 0.5) is 0 Å². The quantitative estimate of drug-likeness (QED) is 0.717. The Hall–Kier alpha value is -3.21. The summed E-state index contributed by atoms with van der Waals surface area (Å²) >= 11 is 0. The summed E-state index contributed by atoms with van der Waals surface area (Å²) in [6.45, 7) is 5.76. The number of benzene rings is 2. The number of pyridine rings is 1. The lowest BCUT2D eigenvalue weighted by Crippen LogP contribution is -2.24. The first-order chi connectivity index (χ1) is 11.9. The minimum Gasteiger partial charge on any atom is -0.507 e. The standard InChI is InChI=1S/C20H19NO4/c1-11-5-17-18(21-10-11)19(22)12(2)16(20(17)23)8-13-6-14(24-3)9-15(7-13)25-4/h5-10,22-23H,2H2,1,3-4H3/b16-8+. The fourth-order valence-corrected chi connectivity index (χ4v) is 2.73. The molecular formula is C20H19NO4. The molecule has 1 aromatic heterocycles. The number of aromatic nitrogens is 1. The van der Waals surface area contributed by atoms with E-state index in [1.807, 2.05) is 6.92 Å². The van der Waals surface area contributed by atoms with Gasteiger partial charge in [0.05, 0.1) is 14.2 Å². The summed E-state index contributed by atoms with van der Waals surface area (Å²) < 4.78 is 10.5. The highest BCUT2D eigenvalue weighted by Gasteiger charge is 2.11. The minimum atomic E-state index is -0.0473. The van der Waals surface area contributed by atoms with Crippen LogP contribution in [-0.4, -0.2) is 29.4 Å². The number of phenols is 2. The Balaban J connectivity index is 2.36. The molecule has 0 amide bonds. The predicted molar refractivity (Wildman–Crippen MR) is 97.7 cm³/mol. The molecule has 5 nitrogen and oxygen atoms in total. The number of hydrogen-bond donors (Lipinski definition) is 2. The van der Waals surface area contributed by atoms with E-state index in [1.165, 1.54) is 0 Å². The van der Waals surface area contributed by atoms with Gasteiger partial charge in [0.1, 0.15) is 28.5 Å². The lowest BCUT2D eigenvalue weighted by Gasteiger charge is -2.08. The van der Waals surface area contributed by atoms with E-state index in [-0.39, 0.29) is 11.5 Å². The van der Waals surface area contributed by atoms with E-state index >= 15 is 0 Å².